The highest BCUT2D eigenvalue weighted by Crippen LogP contribution is 2.27. The lowest BCUT2D eigenvalue weighted by Crippen LogP contribution is -2.08. The van der Waals surface area contributed by atoms with Crippen LogP contribution in [0.4, 0.5) is 4.39 Å². The van der Waals surface area contributed by atoms with Crippen molar-refractivity contribution in [2.45, 2.75) is 0 Å². The molecule has 0 fully saturated rings. The Hall–Kier alpha value is -3.21. The Morgan fingerprint density at radius 2 is 2.00 bits per heavy atom. The monoisotopic (exact) mass is 321 g/mol. The Balaban J connectivity index is 1.66. The zero-order valence-corrected chi connectivity index (χ0v) is 12.5. The minimum Gasteiger partial charge on any atom is -0.488 e. The molecule has 4 rings (SSSR count). The Bertz CT molecular complexity index is 928. The molecule has 2 aromatic carbocycles. The number of carbonyl (C=O) groups is 1. The standard InChI is InChI=1S/C19H12FNO3/c20-15-6-3-5-14(10-15)18-21-16(19(22)24-18)9-12-8-13-4-1-2-7-17(13)23-11-12/h1-10H,11H2/b16-9+. The third kappa shape index (κ3) is 2.72. The first kappa shape index (κ1) is 14.4. The number of hydrogen-bond acceptors (Lipinski definition) is 4. The van der Waals surface area contributed by atoms with Gasteiger partial charge in [-0.2, -0.15) is 0 Å². The Morgan fingerprint density at radius 1 is 1.12 bits per heavy atom. The van der Waals surface area contributed by atoms with Crippen LogP contribution in [-0.4, -0.2) is 18.5 Å². The molecule has 0 aromatic heterocycles. The number of ether oxygens (including phenoxy) is 2. The molecule has 0 amide bonds. The van der Waals surface area contributed by atoms with Gasteiger partial charge < -0.3 is 9.47 Å². The predicted molar refractivity (Wildman–Crippen MR) is 87.0 cm³/mol. The summed E-state index contributed by atoms with van der Waals surface area (Å²) < 4.78 is 24.1. The number of aliphatic imine (C=N–C) groups is 1. The van der Waals surface area contributed by atoms with Gasteiger partial charge in [-0.15, -0.1) is 0 Å². The second-order valence-corrected chi connectivity index (χ2v) is 5.39. The first-order valence-corrected chi connectivity index (χ1v) is 7.40. The summed E-state index contributed by atoms with van der Waals surface area (Å²) in [5.74, 6) is -0.0706. The van der Waals surface area contributed by atoms with Gasteiger partial charge in [-0.1, -0.05) is 24.3 Å². The van der Waals surface area contributed by atoms with Gasteiger partial charge >= 0.3 is 5.97 Å². The molecule has 0 aliphatic carbocycles. The van der Waals surface area contributed by atoms with Gasteiger partial charge in [0.1, 0.15) is 18.2 Å². The van der Waals surface area contributed by atoms with Crippen molar-refractivity contribution in [2.75, 3.05) is 6.61 Å². The van der Waals surface area contributed by atoms with Crippen molar-refractivity contribution in [2.24, 2.45) is 4.99 Å². The summed E-state index contributed by atoms with van der Waals surface area (Å²) in [7, 11) is 0. The molecule has 0 unspecified atom stereocenters. The fourth-order valence-electron chi connectivity index (χ4n) is 2.55. The summed E-state index contributed by atoms with van der Waals surface area (Å²) in [5.41, 5.74) is 2.34. The zero-order valence-electron chi connectivity index (χ0n) is 12.5. The molecule has 2 aromatic rings. The van der Waals surface area contributed by atoms with Gasteiger partial charge in [0.15, 0.2) is 5.70 Å². The van der Waals surface area contributed by atoms with E-state index < -0.39 is 11.8 Å². The molecule has 118 valence electrons. The molecular weight excluding hydrogens is 309 g/mol. The van der Waals surface area contributed by atoms with Crippen molar-refractivity contribution < 1.29 is 18.7 Å². The van der Waals surface area contributed by atoms with Crippen molar-refractivity contribution >= 4 is 17.9 Å². The van der Waals surface area contributed by atoms with Gasteiger partial charge in [0.2, 0.25) is 5.90 Å². The van der Waals surface area contributed by atoms with Crippen molar-refractivity contribution in [3.05, 3.63) is 82.8 Å². The van der Waals surface area contributed by atoms with Gasteiger partial charge in [-0.25, -0.2) is 14.2 Å². The van der Waals surface area contributed by atoms with Crippen LogP contribution in [0.2, 0.25) is 0 Å². The topological polar surface area (TPSA) is 47.9 Å². The van der Waals surface area contributed by atoms with Crippen molar-refractivity contribution in [3.63, 3.8) is 0 Å². The fraction of sp³-hybridized carbons (Fsp3) is 0.0526. The summed E-state index contributed by atoms with van der Waals surface area (Å²) in [6.07, 6.45) is 3.57. The minimum absolute atomic E-state index is 0.100. The van der Waals surface area contributed by atoms with Crippen LogP contribution in [0.25, 0.3) is 6.08 Å². The summed E-state index contributed by atoms with van der Waals surface area (Å²) >= 11 is 0. The van der Waals surface area contributed by atoms with E-state index in [1.54, 1.807) is 12.1 Å². The van der Waals surface area contributed by atoms with E-state index in [0.29, 0.717) is 12.2 Å². The van der Waals surface area contributed by atoms with Gasteiger partial charge in [-0.05, 0) is 42.0 Å². The molecule has 5 heteroatoms. The lowest BCUT2D eigenvalue weighted by atomic mass is 10.1. The number of fused-ring (bicyclic) bond motifs is 1. The minimum atomic E-state index is -0.561. The Labute approximate surface area is 137 Å². The number of esters is 1. The number of benzene rings is 2. The van der Waals surface area contributed by atoms with E-state index in [9.17, 15) is 9.18 Å². The largest absolute Gasteiger partial charge is 0.488 e. The number of halogens is 1. The van der Waals surface area contributed by atoms with Crippen LogP contribution in [0.5, 0.6) is 5.75 Å². The van der Waals surface area contributed by atoms with E-state index in [2.05, 4.69) is 4.99 Å². The lowest BCUT2D eigenvalue weighted by Gasteiger charge is -2.15. The average Bonchev–Trinajstić information content (AvgIpc) is 2.96. The summed E-state index contributed by atoms with van der Waals surface area (Å²) in [4.78, 5) is 16.2. The molecule has 0 atom stereocenters. The van der Waals surface area contributed by atoms with E-state index in [0.717, 1.165) is 16.9 Å². The molecule has 2 aliphatic rings. The van der Waals surface area contributed by atoms with Crippen molar-refractivity contribution in [3.8, 4) is 5.75 Å². The maximum Gasteiger partial charge on any atom is 0.363 e. The zero-order chi connectivity index (χ0) is 16.5. The molecule has 0 spiro atoms. The molecule has 2 aliphatic heterocycles. The number of hydrogen-bond donors (Lipinski definition) is 0. The molecule has 0 radical (unpaired) electrons. The Morgan fingerprint density at radius 3 is 2.88 bits per heavy atom. The average molecular weight is 321 g/mol. The highest BCUT2D eigenvalue weighted by molar-refractivity contribution is 6.11. The van der Waals surface area contributed by atoms with Crippen LogP contribution in [-0.2, 0) is 9.53 Å². The quantitative estimate of drug-likeness (QED) is 0.628. The summed E-state index contributed by atoms with van der Waals surface area (Å²) in [6.45, 7) is 0.346. The van der Waals surface area contributed by atoms with Crippen LogP contribution in [0.1, 0.15) is 11.1 Å². The predicted octanol–water partition coefficient (Wildman–Crippen LogP) is 3.49. The number of para-hydroxylation sites is 1. The number of rotatable bonds is 2. The smallest absolute Gasteiger partial charge is 0.363 e. The first-order chi connectivity index (χ1) is 11.7. The number of carbonyl (C=O) groups excluding carboxylic acids is 1. The van der Waals surface area contributed by atoms with Gasteiger partial charge in [0, 0.05) is 11.1 Å². The maximum absolute atomic E-state index is 13.3. The van der Waals surface area contributed by atoms with Crippen LogP contribution in [0.3, 0.4) is 0 Å². The first-order valence-electron chi connectivity index (χ1n) is 7.40. The molecule has 4 nitrogen and oxygen atoms in total. The van der Waals surface area contributed by atoms with Crippen LogP contribution >= 0.6 is 0 Å². The fourth-order valence-corrected chi connectivity index (χ4v) is 2.55. The van der Waals surface area contributed by atoms with Gasteiger partial charge in [-0.3, -0.25) is 0 Å². The highest BCUT2D eigenvalue weighted by Gasteiger charge is 2.25. The summed E-state index contributed by atoms with van der Waals surface area (Å²) in [6, 6.07) is 13.4. The van der Waals surface area contributed by atoms with Crippen molar-refractivity contribution in [1.29, 1.82) is 0 Å². The van der Waals surface area contributed by atoms with E-state index in [1.165, 1.54) is 18.2 Å². The maximum atomic E-state index is 13.3. The van der Waals surface area contributed by atoms with E-state index in [4.69, 9.17) is 9.47 Å². The van der Waals surface area contributed by atoms with Gasteiger partial charge in [0.25, 0.3) is 0 Å². The van der Waals surface area contributed by atoms with Crippen LogP contribution in [0.15, 0.2) is 70.9 Å². The summed E-state index contributed by atoms with van der Waals surface area (Å²) in [5, 5.41) is 0. The molecule has 0 saturated carbocycles. The van der Waals surface area contributed by atoms with Crippen molar-refractivity contribution in [1.82, 2.24) is 0 Å². The molecule has 0 bridgehead atoms. The Kier molecular flexibility index (Phi) is 3.46. The third-order valence-electron chi connectivity index (χ3n) is 3.67. The second-order valence-electron chi connectivity index (χ2n) is 5.39. The van der Waals surface area contributed by atoms with Crippen LogP contribution < -0.4 is 4.74 Å². The second kappa shape index (κ2) is 5.77. The van der Waals surface area contributed by atoms with E-state index >= 15 is 0 Å². The number of nitrogens with zero attached hydrogens (tertiary/aromatic N) is 1. The lowest BCUT2D eigenvalue weighted by molar-refractivity contribution is -0.130. The van der Waals surface area contributed by atoms with Gasteiger partial charge in [0.05, 0.1) is 0 Å². The van der Waals surface area contributed by atoms with Crippen LogP contribution in [0, 0.1) is 5.82 Å². The highest BCUT2D eigenvalue weighted by atomic mass is 19.1. The SMILES string of the molecule is O=C1OC(c2cccc(F)c2)=N/C1=C/C1=Cc2ccccc2OC1. The number of cyclic esters (lactones) is 1. The molecule has 0 N–H and O–H groups in total. The molecule has 24 heavy (non-hydrogen) atoms. The van der Waals surface area contributed by atoms with E-state index in [-0.39, 0.29) is 11.6 Å². The molecule has 2 heterocycles. The molecular formula is C19H12FNO3. The normalized spacial score (nSPS) is 17.7. The third-order valence-corrected chi connectivity index (χ3v) is 3.67. The molecule has 0 saturated heterocycles. The van der Waals surface area contributed by atoms with E-state index in [1.807, 2.05) is 30.3 Å².